The van der Waals surface area contributed by atoms with Crippen molar-refractivity contribution in [1.82, 2.24) is 10.3 Å². The molecule has 0 saturated carbocycles. The van der Waals surface area contributed by atoms with Crippen molar-refractivity contribution < 1.29 is 18.0 Å². The van der Waals surface area contributed by atoms with Gasteiger partial charge in [0, 0.05) is 12.7 Å². The number of nitrogens with one attached hydrogen (secondary N) is 2. The summed E-state index contributed by atoms with van der Waals surface area (Å²) < 4.78 is 35.6. The van der Waals surface area contributed by atoms with Crippen LogP contribution in [-0.2, 0) is 0 Å². The molecule has 0 aromatic carbocycles. The zero-order valence-corrected chi connectivity index (χ0v) is 8.71. The first-order valence-corrected chi connectivity index (χ1v) is 4.70. The molecule has 0 aliphatic carbocycles. The fourth-order valence-electron chi connectivity index (χ4n) is 1.12. The Balaban J connectivity index is 2.58. The number of nitrogen functional groups attached to an aromatic ring is 1. The summed E-state index contributed by atoms with van der Waals surface area (Å²) >= 11 is 0. The summed E-state index contributed by atoms with van der Waals surface area (Å²) in [4.78, 5) is 15.3. The van der Waals surface area contributed by atoms with Crippen LogP contribution in [-0.4, -0.2) is 23.6 Å². The normalized spacial score (nSPS) is 11.1. The van der Waals surface area contributed by atoms with Gasteiger partial charge in [-0.25, -0.2) is 10.8 Å². The molecule has 8 heteroatoms. The minimum absolute atomic E-state index is 0.0946. The standard InChI is InChI=1S/C9H11F3N4O/c10-9(11,12)3-5-15-8(17)6-2-1-4-14-7(6)16-13/h1-2,4H,3,5,13H2,(H,14,16)(H,15,17). The lowest BCUT2D eigenvalue weighted by Crippen LogP contribution is -2.29. The number of halogens is 3. The molecule has 1 aromatic heterocycles. The highest BCUT2D eigenvalue weighted by Crippen LogP contribution is 2.18. The quantitative estimate of drug-likeness (QED) is 0.549. The van der Waals surface area contributed by atoms with Crippen LogP contribution in [0.4, 0.5) is 19.0 Å². The summed E-state index contributed by atoms with van der Waals surface area (Å²) in [7, 11) is 0. The van der Waals surface area contributed by atoms with Crippen LogP contribution >= 0.6 is 0 Å². The predicted octanol–water partition coefficient (Wildman–Crippen LogP) is 1.05. The highest BCUT2D eigenvalue weighted by Gasteiger charge is 2.26. The number of alkyl halides is 3. The average Bonchev–Trinajstić information content (AvgIpc) is 2.27. The van der Waals surface area contributed by atoms with Crippen molar-refractivity contribution in [2.24, 2.45) is 5.84 Å². The number of anilines is 1. The Morgan fingerprint density at radius 1 is 1.47 bits per heavy atom. The number of nitrogens with two attached hydrogens (primary N) is 1. The number of hydrazine groups is 1. The van der Waals surface area contributed by atoms with E-state index in [0.717, 1.165) is 0 Å². The first-order valence-electron chi connectivity index (χ1n) is 4.70. The fourth-order valence-corrected chi connectivity index (χ4v) is 1.12. The number of aromatic nitrogens is 1. The molecule has 0 saturated heterocycles. The average molecular weight is 248 g/mol. The van der Waals surface area contributed by atoms with Gasteiger partial charge in [-0.2, -0.15) is 13.2 Å². The Morgan fingerprint density at radius 3 is 2.76 bits per heavy atom. The van der Waals surface area contributed by atoms with Gasteiger partial charge >= 0.3 is 6.18 Å². The molecule has 0 bridgehead atoms. The molecule has 0 unspecified atom stereocenters. The van der Waals surface area contributed by atoms with E-state index in [-0.39, 0.29) is 11.4 Å². The van der Waals surface area contributed by atoms with E-state index in [4.69, 9.17) is 5.84 Å². The maximum atomic E-state index is 11.9. The molecule has 1 amide bonds. The van der Waals surface area contributed by atoms with Crippen molar-refractivity contribution in [2.45, 2.75) is 12.6 Å². The summed E-state index contributed by atoms with van der Waals surface area (Å²) in [6.07, 6.45) is -3.97. The minimum Gasteiger partial charge on any atom is -0.352 e. The van der Waals surface area contributed by atoms with Crippen LogP contribution in [0.3, 0.4) is 0 Å². The molecule has 1 heterocycles. The molecule has 1 rings (SSSR count). The lowest BCUT2D eigenvalue weighted by Gasteiger charge is -2.09. The third-order valence-corrected chi connectivity index (χ3v) is 1.88. The van der Waals surface area contributed by atoms with E-state index in [9.17, 15) is 18.0 Å². The van der Waals surface area contributed by atoms with Gasteiger partial charge in [-0.15, -0.1) is 0 Å². The second-order valence-corrected chi connectivity index (χ2v) is 3.16. The van der Waals surface area contributed by atoms with E-state index >= 15 is 0 Å². The van der Waals surface area contributed by atoms with Gasteiger partial charge in [0.15, 0.2) is 5.82 Å². The third-order valence-electron chi connectivity index (χ3n) is 1.88. The summed E-state index contributed by atoms with van der Waals surface area (Å²) in [6, 6.07) is 2.89. The Morgan fingerprint density at radius 2 is 2.18 bits per heavy atom. The van der Waals surface area contributed by atoms with Gasteiger partial charge in [0.1, 0.15) is 0 Å². The Hall–Kier alpha value is -1.83. The predicted molar refractivity (Wildman–Crippen MR) is 55.1 cm³/mol. The zero-order chi connectivity index (χ0) is 12.9. The number of carbonyl (C=O) groups excluding carboxylic acids is 1. The van der Waals surface area contributed by atoms with Gasteiger partial charge in [-0.3, -0.25) is 4.79 Å². The summed E-state index contributed by atoms with van der Waals surface area (Å²) in [6.45, 7) is -0.485. The number of nitrogens with zero attached hydrogens (tertiary/aromatic N) is 1. The summed E-state index contributed by atoms with van der Waals surface area (Å²) in [5.41, 5.74) is 2.28. The maximum Gasteiger partial charge on any atom is 0.390 e. The number of rotatable bonds is 4. The Labute approximate surface area is 95.2 Å². The topological polar surface area (TPSA) is 80.0 Å². The van der Waals surface area contributed by atoms with E-state index < -0.39 is 25.0 Å². The number of hydrogen-bond acceptors (Lipinski definition) is 4. The van der Waals surface area contributed by atoms with E-state index in [1.807, 2.05) is 0 Å². The van der Waals surface area contributed by atoms with Crippen LogP contribution in [0.25, 0.3) is 0 Å². The molecule has 0 aliphatic heterocycles. The molecule has 4 N–H and O–H groups in total. The van der Waals surface area contributed by atoms with Gasteiger partial charge in [-0.1, -0.05) is 0 Å². The minimum atomic E-state index is -4.29. The molecule has 0 atom stereocenters. The fraction of sp³-hybridized carbons (Fsp3) is 0.333. The molecule has 17 heavy (non-hydrogen) atoms. The largest absolute Gasteiger partial charge is 0.390 e. The van der Waals surface area contributed by atoms with Crippen molar-refractivity contribution >= 4 is 11.7 Å². The van der Waals surface area contributed by atoms with Crippen LogP contribution in [0.2, 0.25) is 0 Å². The maximum absolute atomic E-state index is 11.9. The third kappa shape index (κ3) is 4.27. The van der Waals surface area contributed by atoms with Gasteiger partial charge in [0.05, 0.1) is 12.0 Å². The number of hydrogen-bond donors (Lipinski definition) is 3. The molecule has 0 spiro atoms. The van der Waals surface area contributed by atoms with Gasteiger partial charge < -0.3 is 10.7 Å². The van der Waals surface area contributed by atoms with Crippen LogP contribution in [0.1, 0.15) is 16.8 Å². The molecule has 94 valence electrons. The van der Waals surface area contributed by atoms with Crippen molar-refractivity contribution in [2.75, 3.05) is 12.0 Å². The lowest BCUT2D eigenvalue weighted by molar-refractivity contribution is -0.132. The monoisotopic (exact) mass is 248 g/mol. The molecular formula is C9H11F3N4O. The smallest absolute Gasteiger partial charge is 0.352 e. The molecule has 0 aliphatic rings. The first-order chi connectivity index (χ1) is 7.94. The summed E-state index contributed by atoms with van der Waals surface area (Å²) in [5, 5.41) is 2.14. The number of amides is 1. The van der Waals surface area contributed by atoms with Gasteiger partial charge in [-0.05, 0) is 12.1 Å². The number of pyridine rings is 1. The SMILES string of the molecule is NNc1ncccc1C(=O)NCCC(F)(F)F. The van der Waals surface area contributed by atoms with E-state index in [2.05, 4.69) is 15.7 Å². The van der Waals surface area contributed by atoms with E-state index in [0.29, 0.717) is 0 Å². The molecule has 5 nitrogen and oxygen atoms in total. The highest BCUT2D eigenvalue weighted by atomic mass is 19.4. The molecule has 0 fully saturated rings. The molecule has 1 aromatic rings. The van der Waals surface area contributed by atoms with Crippen LogP contribution in [0, 0.1) is 0 Å². The summed E-state index contributed by atoms with van der Waals surface area (Å²) in [5.74, 6) is 4.57. The van der Waals surface area contributed by atoms with Crippen LogP contribution in [0.15, 0.2) is 18.3 Å². The Kier molecular flexibility index (Phi) is 4.27. The van der Waals surface area contributed by atoms with E-state index in [1.165, 1.54) is 18.3 Å². The van der Waals surface area contributed by atoms with Crippen molar-refractivity contribution in [3.63, 3.8) is 0 Å². The number of carbonyl (C=O) groups is 1. The first kappa shape index (κ1) is 13.2. The van der Waals surface area contributed by atoms with Crippen molar-refractivity contribution in [3.8, 4) is 0 Å². The second kappa shape index (κ2) is 5.48. The molecular weight excluding hydrogens is 237 g/mol. The Bertz CT molecular complexity index is 394. The van der Waals surface area contributed by atoms with Gasteiger partial charge in [0.2, 0.25) is 0 Å². The zero-order valence-electron chi connectivity index (χ0n) is 8.71. The molecule has 0 radical (unpaired) electrons. The van der Waals surface area contributed by atoms with Crippen molar-refractivity contribution in [1.29, 1.82) is 0 Å². The lowest BCUT2D eigenvalue weighted by atomic mass is 10.2. The van der Waals surface area contributed by atoms with Crippen LogP contribution in [0.5, 0.6) is 0 Å². The highest BCUT2D eigenvalue weighted by molar-refractivity contribution is 5.98. The van der Waals surface area contributed by atoms with E-state index in [1.54, 1.807) is 0 Å². The van der Waals surface area contributed by atoms with Gasteiger partial charge in [0.25, 0.3) is 5.91 Å². The van der Waals surface area contributed by atoms with Crippen LogP contribution < -0.4 is 16.6 Å². The van der Waals surface area contributed by atoms with Crippen molar-refractivity contribution in [3.05, 3.63) is 23.9 Å². The second-order valence-electron chi connectivity index (χ2n) is 3.16.